The van der Waals surface area contributed by atoms with Gasteiger partial charge in [0.1, 0.15) is 11.4 Å². The lowest BCUT2D eigenvalue weighted by molar-refractivity contribution is -0.0308. The third-order valence-corrected chi connectivity index (χ3v) is 6.83. The maximum atomic E-state index is 12.3. The maximum absolute atomic E-state index is 12.3. The fraction of sp³-hybridized carbons (Fsp3) is 0.552. The largest absolute Gasteiger partial charge is 0.491 e. The molecule has 1 aliphatic rings. The third-order valence-electron chi connectivity index (χ3n) is 6.83. The average molecular weight is 524 g/mol. The number of aliphatic hydroxyl groups is 1. The van der Waals surface area contributed by atoms with Crippen LogP contribution < -0.4 is 10.1 Å². The van der Waals surface area contributed by atoms with Gasteiger partial charge in [-0.15, -0.1) is 0 Å². The Hall–Kier alpha value is -3.17. The van der Waals surface area contributed by atoms with E-state index in [1.807, 2.05) is 58.2 Å². The van der Waals surface area contributed by atoms with Crippen molar-refractivity contribution in [3.8, 4) is 5.75 Å². The van der Waals surface area contributed by atoms with Gasteiger partial charge in [0.15, 0.2) is 11.5 Å². The van der Waals surface area contributed by atoms with Crippen LogP contribution in [0.1, 0.15) is 63.4 Å². The van der Waals surface area contributed by atoms with E-state index in [1.165, 1.54) is 5.56 Å². The van der Waals surface area contributed by atoms with E-state index in [0.29, 0.717) is 52.0 Å². The molecule has 1 atom stereocenters. The average Bonchev–Trinajstić information content (AvgIpc) is 3.29. The van der Waals surface area contributed by atoms with E-state index in [-0.39, 0.29) is 12.0 Å². The van der Waals surface area contributed by atoms with Crippen LogP contribution in [0.2, 0.25) is 0 Å². The van der Waals surface area contributed by atoms with E-state index in [1.54, 1.807) is 9.42 Å². The van der Waals surface area contributed by atoms with E-state index in [0.717, 1.165) is 22.8 Å². The summed E-state index contributed by atoms with van der Waals surface area (Å²) in [5.74, 6) is 1.79. The van der Waals surface area contributed by atoms with Crippen molar-refractivity contribution in [3.63, 3.8) is 0 Å². The minimum Gasteiger partial charge on any atom is -0.491 e. The predicted octanol–water partition coefficient (Wildman–Crippen LogP) is 4.11. The summed E-state index contributed by atoms with van der Waals surface area (Å²) in [4.78, 5) is 18.6. The van der Waals surface area contributed by atoms with Gasteiger partial charge in [-0.1, -0.05) is 37.3 Å². The van der Waals surface area contributed by atoms with Gasteiger partial charge in [0.05, 0.1) is 18.4 Å². The highest BCUT2D eigenvalue weighted by Gasteiger charge is 2.35. The van der Waals surface area contributed by atoms with Crippen LogP contribution in [-0.2, 0) is 11.2 Å². The molecular formula is C29H41N5O4. The number of carbonyl (C=O) groups is 1. The number of piperidine rings is 1. The molecule has 3 heterocycles. The molecule has 206 valence electrons. The SMILES string of the molecule is Cc1cc(OC[C@H](C)c2ccccc2)cn2nc(CCNCC3(O)CCN(C(=O)OC(C)(C)C)CC3)nc12. The van der Waals surface area contributed by atoms with E-state index in [2.05, 4.69) is 29.5 Å². The Labute approximate surface area is 225 Å². The van der Waals surface area contributed by atoms with Crippen molar-refractivity contribution >= 4 is 11.7 Å². The lowest BCUT2D eigenvalue weighted by Gasteiger charge is -2.38. The second kappa shape index (κ2) is 11.7. The van der Waals surface area contributed by atoms with Crippen molar-refractivity contribution in [3.05, 3.63) is 59.5 Å². The highest BCUT2D eigenvalue weighted by atomic mass is 16.6. The number of aromatic nitrogens is 3. The molecular weight excluding hydrogens is 482 g/mol. The van der Waals surface area contributed by atoms with Crippen LogP contribution >= 0.6 is 0 Å². The Bertz CT molecular complexity index is 1210. The van der Waals surface area contributed by atoms with Crippen molar-refractivity contribution in [2.45, 2.75) is 71.0 Å². The molecule has 1 amide bonds. The number of amides is 1. The highest BCUT2D eigenvalue weighted by Crippen LogP contribution is 2.24. The Morgan fingerprint density at radius 2 is 1.92 bits per heavy atom. The molecule has 0 aliphatic carbocycles. The van der Waals surface area contributed by atoms with E-state index in [4.69, 9.17) is 14.5 Å². The van der Waals surface area contributed by atoms with Crippen LogP contribution in [0.3, 0.4) is 0 Å². The number of rotatable bonds is 9. The first-order chi connectivity index (χ1) is 18.0. The molecule has 1 saturated heterocycles. The monoisotopic (exact) mass is 523 g/mol. The summed E-state index contributed by atoms with van der Waals surface area (Å²) in [5.41, 5.74) is 1.71. The van der Waals surface area contributed by atoms with Gasteiger partial charge in [-0.05, 0) is 57.7 Å². The minimum absolute atomic E-state index is 0.281. The molecule has 1 aliphatic heterocycles. The lowest BCUT2D eigenvalue weighted by Crippen LogP contribution is -2.52. The van der Waals surface area contributed by atoms with E-state index < -0.39 is 11.2 Å². The standard InChI is InChI=1S/C29H41N5O4/c1-21-17-24(37-19-22(2)23-9-7-6-8-10-23)18-34-26(21)31-25(32-34)11-14-30-20-29(36)12-15-33(16-13-29)27(35)38-28(3,4)5/h6-10,17-18,22,30,36H,11-16,19-20H2,1-5H3/t22-/m0/s1. The zero-order valence-corrected chi connectivity index (χ0v) is 23.2. The van der Waals surface area contributed by atoms with Crippen LogP contribution in [-0.4, -0.2) is 74.7 Å². The zero-order valence-electron chi connectivity index (χ0n) is 23.2. The second-order valence-corrected chi connectivity index (χ2v) is 11.4. The fourth-order valence-corrected chi connectivity index (χ4v) is 4.58. The number of fused-ring (bicyclic) bond motifs is 1. The van der Waals surface area contributed by atoms with Crippen LogP contribution in [0.4, 0.5) is 4.79 Å². The fourth-order valence-electron chi connectivity index (χ4n) is 4.58. The quantitative estimate of drug-likeness (QED) is 0.407. The summed E-state index contributed by atoms with van der Waals surface area (Å²) in [6, 6.07) is 12.3. The summed E-state index contributed by atoms with van der Waals surface area (Å²) in [7, 11) is 0. The number of hydrogen-bond donors (Lipinski definition) is 2. The molecule has 0 unspecified atom stereocenters. The smallest absolute Gasteiger partial charge is 0.410 e. The predicted molar refractivity (Wildman–Crippen MR) is 147 cm³/mol. The number of nitrogens with one attached hydrogen (secondary N) is 1. The molecule has 1 fully saturated rings. The summed E-state index contributed by atoms with van der Waals surface area (Å²) < 4.78 is 13.3. The molecule has 2 N–H and O–H groups in total. The Kier molecular flexibility index (Phi) is 8.57. The number of nitrogens with zero attached hydrogens (tertiary/aromatic N) is 4. The van der Waals surface area contributed by atoms with Crippen molar-refractivity contribution < 1.29 is 19.4 Å². The van der Waals surface area contributed by atoms with Gasteiger partial charge in [0.2, 0.25) is 0 Å². The highest BCUT2D eigenvalue weighted by molar-refractivity contribution is 5.68. The Morgan fingerprint density at radius 3 is 2.61 bits per heavy atom. The molecule has 3 aromatic rings. The molecule has 1 aromatic carbocycles. The van der Waals surface area contributed by atoms with Crippen molar-refractivity contribution in [1.82, 2.24) is 24.8 Å². The van der Waals surface area contributed by atoms with Crippen molar-refractivity contribution in [1.29, 1.82) is 0 Å². The molecule has 4 rings (SSSR count). The molecule has 0 radical (unpaired) electrons. The Balaban J connectivity index is 1.24. The maximum Gasteiger partial charge on any atom is 0.410 e. The van der Waals surface area contributed by atoms with E-state index in [9.17, 15) is 9.90 Å². The summed E-state index contributed by atoms with van der Waals surface area (Å²) in [6.07, 6.45) is 3.22. The van der Waals surface area contributed by atoms with Crippen molar-refractivity contribution in [2.75, 3.05) is 32.8 Å². The van der Waals surface area contributed by atoms with Gasteiger partial charge in [-0.2, -0.15) is 5.10 Å². The van der Waals surface area contributed by atoms with Crippen molar-refractivity contribution in [2.24, 2.45) is 0 Å². The van der Waals surface area contributed by atoms with Gasteiger partial charge in [-0.25, -0.2) is 14.3 Å². The van der Waals surface area contributed by atoms with Gasteiger partial charge >= 0.3 is 6.09 Å². The van der Waals surface area contributed by atoms with Gasteiger partial charge in [0.25, 0.3) is 0 Å². The topological polar surface area (TPSA) is 101 Å². The van der Waals surface area contributed by atoms with E-state index >= 15 is 0 Å². The summed E-state index contributed by atoms with van der Waals surface area (Å²) in [5, 5.41) is 18.9. The number of aryl methyl sites for hydroxylation is 1. The normalized spacial score (nSPS) is 16.4. The van der Waals surface area contributed by atoms with Crippen LogP contribution in [0.15, 0.2) is 42.6 Å². The summed E-state index contributed by atoms with van der Waals surface area (Å²) >= 11 is 0. The first-order valence-electron chi connectivity index (χ1n) is 13.5. The van der Waals surface area contributed by atoms with Gasteiger partial charge in [0, 0.05) is 38.5 Å². The first-order valence-corrected chi connectivity index (χ1v) is 13.5. The number of benzene rings is 1. The molecule has 9 nitrogen and oxygen atoms in total. The Morgan fingerprint density at radius 1 is 1.21 bits per heavy atom. The van der Waals surface area contributed by atoms with Gasteiger partial charge in [-0.3, -0.25) is 0 Å². The molecule has 38 heavy (non-hydrogen) atoms. The first kappa shape index (κ1) is 27.9. The van der Waals surface area contributed by atoms with Gasteiger partial charge < -0.3 is 24.8 Å². The lowest BCUT2D eigenvalue weighted by atomic mass is 9.91. The number of ether oxygens (including phenoxy) is 2. The molecule has 2 aromatic heterocycles. The molecule has 9 heteroatoms. The van der Waals surface area contributed by atoms with Crippen LogP contribution in [0.5, 0.6) is 5.75 Å². The molecule has 0 spiro atoms. The number of pyridine rings is 1. The van der Waals surface area contributed by atoms with Crippen LogP contribution in [0.25, 0.3) is 5.65 Å². The second-order valence-electron chi connectivity index (χ2n) is 11.4. The molecule has 0 saturated carbocycles. The number of hydrogen-bond acceptors (Lipinski definition) is 7. The minimum atomic E-state index is -0.843. The summed E-state index contributed by atoms with van der Waals surface area (Å²) in [6.45, 7) is 12.4. The van der Waals surface area contributed by atoms with Crippen LogP contribution in [0, 0.1) is 6.92 Å². The number of carbonyl (C=O) groups excluding carboxylic acids is 1. The third kappa shape index (κ3) is 7.45. The molecule has 0 bridgehead atoms. The zero-order chi connectivity index (χ0) is 27.3. The number of likely N-dealkylation sites (tertiary alicyclic amines) is 1.